The second kappa shape index (κ2) is 13.8. The maximum absolute atomic E-state index is 10.6. The Hall–Kier alpha value is -1.62. The van der Waals surface area contributed by atoms with E-state index in [1.807, 2.05) is 0 Å². The van der Waals surface area contributed by atoms with Crippen LogP contribution in [0.25, 0.3) is 0 Å². The van der Waals surface area contributed by atoms with Gasteiger partial charge in [-0.05, 0) is 12.8 Å². The van der Waals surface area contributed by atoms with Gasteiger partial charge in [-0.25, -0.2) is 0 Å². The standard InChI is InChI=1S/C11H21NO.C4H7NO2/c1-3-4-5-6-7-8-9-10(2)11(12)13;1-3(2-6)4(5)7/h2-9H2,1H3,(H2,12,13);6H,1-2H2,(H2,5,7). The summed E-state index contributed by atoms with van der Waals surface area (Å²) in [4.78, 5) is 20.5. The molecule has 0 saturated heterocycles. The van der Waals surface area contributed by atoms with Crippen LogP contribution in [-0.2, 0) is 9.59 Å². The molecule has 0 unspecified atom stereocenters. The number of hydrogen-bond acceptors (Lipinski definition) is 3. The van der Waals surface area contributed by atoms with Crippen LogP contribution in [0, 0.1) is 0 Å². The van der Waals surface area contributed by atoms with E-state index in [0.717, 1.165) is 12.8 Å². The fourth-order valence-electron chi connectivity index (χ4n) is 1.32. The number of unbranched alkanes of at least 4 members (excludes halogenated alkanes) is 5. The smallest absolute Gasteiger partial charge is 0.246 e. The molecule has 0 aliphatic carbocycles. The zero-order chi connectivity index (χ0) is 16.0. The van der Waals surface area contributed by atoms with Crippen LogP contribution in [-0.4, -0.2) is 23.5 Å². The van der Waals surface area contributed by atoms with Crippen molar-refractivity contribution in [2.45, 2.75) is 51.9 Å². The maximum Gasteiger partial charge on any atom is 0.246 e. The van der Waals surface area contributed by atoms with Gasteiger partial charge in [0.2, 0.25) is 11.8 Å². The summed E-state index contributed by atoms with van der Waals surface area (Å²) in [5, 5.41) is 8.10. The average molecular weight is 284 g/mol. The monoisotopic (exact) mass is 284 g/mol. The van der Waals surface area contributed by atoms with Crippen LogP contribution in [0.15, 0.2) is 24.3 Å². The SMILES string of the molecule is C=C(CCCCCCCC)C(N)=O.C=C(CO)C(N)=O. The summed E-state index contributed by atoms with van der Waals surface area (Å²) in [6, 6.07) is 0. The minimum Gasteiger partial charge on any atom is -0.391 e. The number of rotatable bonds is 10. The summed E-state index contributed by atoms with van der Waals surface area (Å²) in [7, 11) is 0. The first-order chi connectivity index (χ1) is 9.36. The zero-order valence-electron chi connectivity index (χ0n) is 12.5. The Bertz CT molecular complexity index is 325. The lowest BCUT2D eigenvalue weighted by Gasteiger charge is -2.01. The first kappa shape index (κ1) is 20.7. The lowest BCUT2D eigenvalue weighted by molar-refractivity contribution is -0.115. The molecule has 0 fully saturated rings. The van der Waals surface area contributed by atoms with E-state index in [1.165, 1.54) is 32.1 Å². The van der Waals surface area contributed by atoms with Gasteiger partial charge in [-0.2, -0.15) is 0 Å². The van der Waals surface area contributed by atoms with Crippen molar-refractivity contribution >= 4 is 11.8 Å². The van der Waals surface area contributed by atoms with Gasteiger partial charge in [0.15, 0.2) is 0 Å². The van der Waals surface area contributed by atoms with Crippen LogP contribution in [0.5, 0.6) is 0 Å². The quantitative estimate of drug-likeness (QED) is 0.420. The summed E-state index contributed by atoms with van der Waals surface area (Å²) in [5.41, 5.74) is 10.3. The van der Waals surface area contributed by atoms with Crippen molar-refractivity contribution in [3.8, 4) is 0 Å². The molecular formula is C15H28N2O3. The molecule has 0 aliphatic rings. The Kier molecular flexibility index (Phi) is 14.3. The summed E-state index contributed by atoms with van der Waals surface area (Å²) < 4.78 is 0. The van der Waals surface area contributed by atoms with Gasteiger partial charge in [-0.15, -0.1) is 0 Å². The number of aliphatic hydroxyl groups is 1. The van der Waals surface area contributed by atoms with E-state index >= 15 is 0 Å². The summed E-state index contributed by atoms with van der Waals surface area (Å²) in [6.07, 6.45) is 8.16. The molecule has 0 aromatic carbocycles. The highest BCUT2D eigenvalue weighted by Crippen LogP contribution is 2.10. The second-order valence-electron chi connectivity index (χ2n) is 4.61. The van der Waals surface area contributed by atoms with Crippen LogP contribution in [0.4, 0.5) is 0 Å². The Morgan fingerprint density at radius 3 is 1.70 bits per heavy atom. The van der Waals surface area contributed by atoms with Crippen molar-refractivity contribution in [3.05, 3.63) is 24.3 Å². The molecule has 0 aromatic heterocycles. The Balaban J connectivity index is 0. The topological polar surface area (TPSA) is 106 Å². The number of amides is 2. The van der Waals surface area contributed by atoms with Crippen LogP contribution >= 0.6 is 0 Å². The maximum atomic E-state index is 10.6. The number of carbonyl (C=O) groups is 2. The van der Waals surface area contributed by atoms with Crippen LogP contribution in [0.3, 0.4) is 0 Å². The zero-order valence-corrected chi connectivity index (χ0v) is 12.5. The molecule has 0 aromatic rings. The molecule has 0 atom stereocenters. The highest BCUT2D eigenvalue weighted by Gasteiger charge is 2.00. The van der Waals surface area contributed by atoms with Gasteiger partial charge in [-0.3, -0.25) is 9.59 Å². The number of hydrogen-bond donors (Lipinski definition) is 3. The molecule has 0 rings (SSSR count). The van der Waals surface area contributed by atoms with Gasteiger partial charge in [0.05, 0.1) is 6.61 Å². The van der Waals surface area contributed by atoms with Gasteiger partial charge >= 0.3 is 0 Å². The summed E-state index contributed by atoms with van der Waals surface area (Å²) in [6.45, 7) is 8.61. The second-order valence-corrected chi connectivity index (χ2v) is 4.61. The van der Waals surface area contributed by atoms with E-state index in [4.69, 9.17) is 10.8 Å². The average Bonchev–Trinajstić information content (AvgIpc) is 2.41. The van der Waals surface area contributed by atoms with Crippen molar-refractivity contribution in [2.75, 3.05) is 6.61 Å². The van der Waals surface area contributed by atoms with Crippen molar-refractivity contribution in [3.63, 3.8) is 0 Å². The largest absolute Gasteiger partial charge is 0.391 e. The van der Waals surface area contributed by atoms with E-state index in [9.17, 15) is 9.59 Å². The fourth-order valence-corrected chi connectivity index (χ4v) is 1.32. The summed E-state index contributed by atoms with van der Waals surface area (Å²) >= 11 is 0. The third kappa shape index (κ3) is 14.4. The molecule has 5 heteroatoms. The summed E-state index contributed by atoms with van der Waals surface area (Å²) in [5.74, 6) is -1.00. The molecular weight excluding hydrogens is 256 g/mol. The molecule has 0 heterocycles. The van der Waals surface area contributed by atoms with Gasteiger partial charge in [0.1, 0.15) is 0 Å². The predicted octanol–water partition coefficient (Wildman–Crippen LogP) is 1.80. The van der Waals surface area contributed by atoms with Crippen molar-refractivity contribution in [2.24, 2.45) is 11.5 Å². The first-order valence-electron chi connectivity index (χ1n) is 6.92. The molecule has 5 N–H and O–H groups in total. The van der Waals surface area contributed by atoms with E-state index in [-0.39, 0.29) is 18.1 Å². The minimum absolute atomic E-state index is 0.0417. The lowest BCUT2D eigenvalue weighted by atomic mass is 10.1. The van der Waals surface area contributed by atoms with E-state index in [2.05, 4.69) is 25.8 Å². The third-order valence-electron chi connectivity index (χ3n) is 2.72. The van der Waals surface area contributed by atoms with Gasteiger partial charge < -0.3 is 16.6 Å². The van der Waals surface area contributed by atoms with Crippen molar-refractivity contribution in [1.82, 2.24) is 0 Å². The number of carbonyl (C=O) groups excluding carboxylic acids is 2. The molecule has 5 nitrogen and oxygen atoms in total. The molecule has 0 saturated carbocycles. The minimum atomic E-state index is -0.650. The molecule has 2 amide bonds. The Labute approximate surface area is 121 Å². The Morgan fingerprint density at radius 1 is 0.900 bits per heavy atom. The van der Waals surface area contributed by atoms with Crippen LogP contribution in [0.2, 0.25) is 0 Å². The first-order valence-corrected chi connectivity index (χ1v) is 6.92. The molecule has 0 spiro atoms. The predicted molar refractivity (Wildman–Crippen MR) is 81.7 cm³/mol. The molecule has 20 heavy (non-hydrogen) atoms. The van der Waals surface area contributed by atoms with Crippen molar-refractivity contribution in [1.29, 1.82) is 0 Å². The number of nitrogens with two attached hydrogens (primary N) is 2. The molecule has 0 radical (unpaired) electrons. The third-order valence-corrected chi connectivity index (χ3v) is 2.72. The number of primary amides is 2. The van der Waals surface area contributed by atoms with E-state index < -0.39 is 5.91 Å². The normalized spacial score (nSPS) is 9.30. The number of aliphatic hydroxyl groups excluding tert-OH is 1. The molecule has 116 valence electrons. The Morgan fingerprint density at radius 2 is 1.35 bits per heavy atom. The van der Waals surface area contributed by atoms with Crippen LogP contribution < -0.4 is 11.5 Å². The highest BCUT2D eigenvalue weighted by molar-refractivity contribution is 5.91. The highest BCUT2D eigenvalue weighted by atomic mass is 16.3. The van der Waals surface area contributed by atoms with E-state index in [0.29, 0.717) is 5.57 Å². The molecule has 0 bridgehead atoms. The van der Waals surface area contributed by atoms with Gasteiger partial charge in [0.25, 0.3) is 0 Å². The van der Waals surface area contributed by atoms with Gasteiger partial charge in [-0.1, -0.05) is 52.2 Å². The van der Waals surface area contributed by atoms with Gasteiger partial charge in [0, 0.05) is 11.1 Å². The van der Waals surface area contributed by atoms with E-state index in [1.54, 1.807) is 0 Å². The lowest BCUT2D eigenvalue weighted by Crippen LogP contribution is -2.14. The fraction of sp³-hybridized carbons (Fsp3) is 0.600. The van der Waals surface area contributed by atoms with Crippen LogP contribution in [0.1, 0.15) is 51.9 Å². The molecule has 0 aliphatic heterocycles. The van der Waals surface area contributed by atoms with Crippen molar-refractivity contribution < 1.29 is 14.7 Å².